The third-order valence-corrected chi connectivity index (χ3v) is 8.58. The Morgan fingerprint density at radius 1 is 1.27 bits per heavy atom. The molecule has 2 aromatic rings. The number of rotatable bonds is 13. The number of benzene rings is 1. The second-order valence-electron chi connectivity index (χ2n) is 11.6. The normalized spacial score (nSPS) is 18.9. The predicted molar refractivity (Wildman–Crippen MR) is 154 cm³/mol. The molecule has 0 unspecified atom stereocenters. The predicted octanol–water partition coefficient (Wildman–Crippen LogP) is 5.89. The van der Waals surface area contributed by atoms with Gasteiger partial charge >= 0.3 is 5.97 Å². The summed E-state index contributed by atoms with van der Waals surface area (Å²) in [5, 5.41) is 13.5. The molecule has 4 rings (SSSR count). The molecular weight excluding hydrogens is 533 g/mol. The number of carboxylic acid groups (broad SMARTS) is 1. The van der Waals surface area contributed by atoms with Gasteiger partial charge in [-0.15, -0.1) is 0 Å². The summed E-state index contributed by atoms with van der Waals surface area (Å²) in [7, 11) is 3.03. The molecule has 2 N–H and O–H groups in total. The zero-order chi connectivity index (χ0) is 29.7. The molecule has 2 aliphatic heterocycles. The first-order chi connectivity index (χ1) is 19.6. The average Bonchev–Trinajstić information content (AvgIpc) is 3.41. The number of hydrogen-bond donors (Lipinski definition) is 2. The summed E-state index contributed by atoms with van der Waals surface area (Å²) < 4.78 is 48.6. The highest BCUT2D eigenvalue weighted by Crippen LogP contribution is 2.37. The highest BCUT2D eigenvalue weighted by atomic mass is 19.3. The van der Waals surface area contributed by atoms with Gasteiger partial charge in [-0.1, -0.05) is 26.3 Å². The first kappa shape index (κ1) is 31.1. The molecule has 226 valence electrons. The van der Waals surface area contributed by atoms with E-state index in [9.17, 15) is 23.1 Å². The monoisotopic (exact) mass is 576 g/mol. The molecule has 0 spiro atoms. The number of anilines is 1. The van der Waals surface area contributed by atoms with Gasteiger partial charge in [-0.2, -0.15) is 0 Å². The molecule has 1 aromatic heterocycles. The highest BCUT2D eigenvalue weighted by Gasteiger charge is 2.40. The van der Waals surface area contributed by atoms with Gasteiger partial charge in [-0.25, -0.2) is 18.2 Å². The van der Waals surface area contributed by atoms with Crippen LogP contribution in [0.5, 0.6) is 5.75 Å². The fraction of sp³-hybridized carbons (Fsp3) is 0.613. The van der Waals surface area contributed by atoms with Gasteiger partial charge in [0, 0.05) is 36.9 Å². The summed E-state index contributed by atoms with van der Waals surface area (Å²) in [6, 6.07) is 4.90. The second-order valence-corrected chi connectivity index (χ2v) is 11.6. The van der Waals surface area contributed by atoms with E-state index in [1.54, 1.807) is 22.9 Å². The molecule has 3 atom stereocenters. The number of unbranched alkanes of at least 4 members (excludes halogenated alkanes) is 1. The number of alkyl halides is 2. The molecule has 1 fully saturated rings. The summed E-state index contributed by atoms with van der Waals surface area (Å²) in [6.07, 6.45) is 2.63. The molecule has 0 saturated carbocycles. The van der Waals surface area contributed by atoms with Crippen LogP contribution in [-0.2, 0) is 17.6 Å². The van der Waals surface area contributed by atoms with Crippen molar-refractivity contribution >= 4 is 11.8 Å². The molecule has 1 aromatic carbocycles. The zero-order valence-electron chi connectivity index (χ0n) is 24.5. The molecule has 0 aliphatic carbocycles. The Bertz CT molecular complexity index is 1200. The van der Waals surface area contributed by atoms with Gasteiger partial charge in [-0.3, -0.25) is 14.6 Å². The van der Waals surface area contributed by atoms with Crippen molar-refractivity contribution in [2.24, 2.45) is 0 Å². The fourth-order valence-corrected chi connectivity index (χ4v) is 6.16. The third kappa shape index (κ3) is 7.33. The van der Waals surface area contributed by atoms with Crippen LogP contribution in [0.3, 0.4) is 0 Å². The van der Waals surface area contributed by atoms with E-state index < -0.39 is 30.3 Å². The van der Waals surface area contributed by atoms with Gasteiger partial charge in [0.15, 0.2) is 11.6 Å². The largest absolute Gasteiger partial charge is 0.493 e. The molecule has 1 saturated heterocycles. The Morgan fingerprint density at radius 3 is 2.73 bits per heavy atom. The first-order valence-electron chi connectivity index (χ1n) is 14.7. The molecule has 0 radical (unpaired) electrons. The van der Waals surface area contributed by atoms with Gasteiger partial charge in [-0.05, 0) is 80.8 Å². The first-order valence-corrected chi connectivity index (χ1v) is 14.7. The van der Waals surface area contributed by atoms with Gasteiger partial charge in [0.1, 0.15) is 11.9 Å². The number of nitrogens with zero attached hydrogens (tertiary/aromatic N) is 3. The van der Waals surface area contributed by atoms with Crippen LogP contribution in [0, 0.1) is 5.82 Å². The fourth-order valence-electron chi connectivity index (χ4n) is 6.16. The SMILES string of the molecule is COc1c(F)cc(C(C)C)cc1[C@H](C(=O)O)N1CC[C@@H](N(C)[C@H](CCCCc2ccc3c(n2)NCCC3)C(F)F)C1. The average molecular weight is 577 g/mol. The number of carboxylic acids is 1. The minimum Gasteiger partial charge on any atom is -0.493 e. The summed E-state index contributed by atoms with van der Waals surface area (Å²) in [4.78, 5) is 20.6. The Balaban J connectivity index is 1.39. The Kier molecular flexibility index (Phi) is 10.5. The molecule has 3 heterocycles. The molecule has 41 heavy (non-hydrogen) atoms. The number of hydrogen-bond acceptors (Lipinski definition) is 6. The smallest absolute Gasteiger partial charge is 0.325 e. The topological polar surface area (TPSA) is 77.9 Å². The Morgan fingerprint density at radius 2 is 2.05 bits per heavy atom. The highest BCUT2D eigenvalue weighted by molar-refractivity contribution is 5.77. The number of aliphatic carboxylic acids is 1. The molecule has 7 nitrogen and oxygen atoms in total. The van der Waals surface area contributed by atoms with E-state index in [-0.39, 0.29) is 23.3 Å². The lowest BCUT2D eigenvalue weighted by atomic mass is 9.95. The van der Waals surface area contributed by atoms with Crippen molar-refractivity contribution in [3.8, 4) is 5.75 Å². The number of aryl methyl sites for hydroxylation is 2. The van der Waals surface area contributed by atoms with Crippen molar-refractivity contribution in [3.63, 3.8) is 0 Å². The van der Waals surface area contributed by atoms with Crippen LogP contribution >= 0.6 is 0 Å². The number of methoxy groups -OCH3 is 1. The lowest BCUT2D eigenvalue weighted by molar-refractivity contribution is -0.143. The summed E-state index contributed by atoms with van der Waals surface area (Å²) in [5.41, 5.74) is 3.13. The third-order valence-electron chi connectivity index (χ3n) is 8.58. The maximum atomic E-state index is 14.9. The van der Waals surface area contributed by atoms with Crippen LogP contribution in [-0.4, -0.2) is 78.2 Å². The number of fused-ring (bicyclic) bond motifs is 1. The minimum atomic E-state index is -2.52. The van der Waals surface area contributed by atoms with Crippen molar-refractivity contribution in [2.45, 2.75) is 89.3 Å². The number of ether oxygens (including phenoxy) is 1. The number of likely N-dealkylation sites (tertiary alicyclic amines) is 1. The molecule has 0 bridgehead atoms. The summed E-state index contributed by atoms with van der Waals surface area (Å²) in [5.74, 6) is -0.878. The lowest BCUT2D eigenvalue weighted by Crippen LogP contribution is -2.46. The van der Waals surface area contributed by atoms with Crippen LogP contribution < -0.4 is 10.1 Å². The van der Waals surface area contributed by atoms with Crippen molar-refractivity contribution < 1.29 is 27.8 Å². The van der Waals surface area contributed by atoms with E-state index in [1.807, 2.05) is 19.9 Å². The number of nitrogens with one attached hydrogen (secondary N) is 1. The lowest BCUT2D eigenvalue weighted by Gasteiger charge is -2.33. The molecule has 10 heteroatoms. The maximum absolute atomic E-state index is 14.9. The van der Waals surface area contributed by atoms with E-state index in [0.29, 0.717) is 37.9 Å². The van der Waals surface area contributed by atoms with E-state index in [0.717, 1.165) is 43.7 Å². The van der Waals surface area contributed by atoms with Gasteiger partial charge in [0.25, 0.3) is 6.43 Å². The van der Waals surface area contributed by atoms with E-state index in [1.165, 1.54) is 18.7 Å². The van der Waals surface area contributed by atoms with Crippen molar-refractivity contribution in [2.75, 3.05) is 39.1 Å². The quantitative estimate of drug-likeness (QED) is 0.288. The van der Waals surface area contributed by atoms with Crippen molar-refractivity contribution in [3.05, 3.63) is 52.5 Å². The number of pyridine rings is 1. The maximum Gasteiger partial charge on any atom is 0.325 e. The Labute approximate surface area is 241 Å². The van der Waals surface area contributed by atoms with Crippen LogP contribution in [0.15, 0.2) is 24.3 Å². The van der Waals surface area contributed by atoms with E-state index in [2.05, 4.69) is 11.4 Å². The summed E-state index contributed by atoms with van der Waals surface area (Å²) in [6.45, 7) is 5.43. The van der Waals surface area contributed by atoms with Crippen LogP contribution in [0.1, 0.15) is 80.3 Å². The Hall–Kier alpha value is -2.85. The number of aromatic nitrogens is 1. The van der Waals surface area contributed by atoms with Gasteiger partial charge in [0.2, 0.25) is 0 Å². The minimum absolute atomic E-state index is 0.00689. The number of carbonyl (C=O) groups is 1. The van der Waals surface area contributed by atoms with Crippen LogP contribution in [0.25, 0.3) is 0 Å². The van der Waals surface area contributed by atoms with Gasteiger partial charge in [0.05, 0.1) is 13.2 Å². The number of likely N-dealkylation sites (N-methyl/N-ethyl adjacent to an activating group) is 1. The van der Waals surface area contributed by atoms with E-state index in [4.69, 9.17) is 9.72 Å². The summed E-state index contributed by atoms with van der Waals surface area (Å²) >= 11 is 0. The van der Waals surface area contributed by atoms with Gasteiger partial charge < -0.3 is 15.2 Å². The zero-order valence-corrected chi connectivity index (χ0v) is 24.5. The molecule has 0 amide bonds. The van der Waals surface area contributed by atoms with Crippen LogP contribution in [0.4, 0.5) is 19.0 Å². The van der Waals surface area contributed by atoms with Crippen molar-refractivity contribution in [1.82, 2.24) is 14.8 Å². The van der Waals surface area contributed by atoms with Crippen LogP contribution in [0.2, 0.25) is 0 Å². The number of halogens is 3. The molecular formula is C31H43F3N4O3. The van der Waals surface area contributed by atoms with E-state index >= 15 is 0 Å². The van der Waals surface area contributed by atoms with Crippen molar-refractivity contribution in [1.29, 1.82) is 0 Å². The second kappa shape index (κ2) is 13.9. The molecule has 2 aliphatic rings. The standard InChI is InChI=1S/C31H43F3N4O3/c1-19(2)21-16-24(28(41-4)25(32)17-21)27(31(39)40)38-15-13-23(18-38)37(3)26(29(33)34)10-6-5-9-22-12-11-20-8-7-14-35-30(20)36-22/h11-12,16-17,19,23,26-27,29H,5-10,13-15,18H2,1-4H3,(H,35,36)(H,39,40)/t23-,26-,27-/m1/s1.